The molecule has 6 nitrogen and oxygen atoms in total. The van der Waals surface area contributed by atoms with E-state index < -0.39 is 12.5 Å². The Morgan fingerprint density at radius 1 is 1.04 bits per heavy atom. The van der Waals surface area contributed by atoms with Gasteiger partial charge in [0.15, 0.2) is 5.78 Å². The van der Waals surface area contributed by atoms with Crippen LogP contribution in [0.5, 0.6) is 5.75 Å². The normalized spacial score (nSPS) is 35.1. The lowest BCUT2D eigenvalue weighted by atomic mass is 9.63. The highest BCUT2D eigenvalue weighted by molar-refractivity contribution is 6.08. The number of likely N-dealkylation sites (tertiary alicyclic amines) is 1. The van der Waals surface area contributed by atoms with Crippen LogP contribution in [-0.2, 0) is 14.4 Å². The summed E-state index contributed by atoms with van der Waals surface area (Å²) in [5, 5.41) is 0. The summed E-state index contributed by atoms with van der Waals surface area (Å²) in [5.74, 6) is -0.662. The molecule has 2 saturated carbocycles. The number of nitrogens with zero attached hydrogens (tertiary/aromatic N) is 1. The number of carbonyl (C=O) groups is 4. The number of amides is 2. The van der Waals surface area contributed by atoms with Crippen molar-refractivity contribution in [1.82, 2.24) is 4.90 Å². The highest BCUT2D eigenvalue weighted by Gasteiger charge is 2.67. The summed E-state index contributed by atoms with van der Waals surface area (Å²) in [6.07, 6.45) is 5.28. The lowest BCUT2D eigenvalue weighted by molar-refractivity contribution is -0.148. The van der Waals surface area contributed by atoms with Gasteiger partial charge >= 0.3 is 5.97 Å². The van der Waals surface area contributed by atoms with E-state index in [0.29, 0.717) is 17.4 Å². The highest BCUT2D eigenvalue weighted by atomic mass is 16.5. The summed E-state index contributed by atoms with van der Waals surface area (Å²) in [6, 6.07) is 6.44. The first-order valence-electron chi connectivity index (χ1n) is 9.31. The SMILES string of the molecule is CC(=O)c1ccccc1OC(=O)CN1C(=O)[C@@H]2[C@H]3C=C[C@@H]([C@@H]4C[C@H]34)[C@H]2C1=O. The van der Waals surface area contributed by atoms with Gasteiger partial charge in [-0.25, -0.2) is 4.79 Å². The van der Waals surface area contributed by atoms with Crippen molar-refractivity contribution in [3.8, 4) is 5.75 Å². The van der Waals surface area contributed by atoms with Gasteiger partial charge in [0.05, 0.1) is 17.4 Å². The molecule has 1 heterocycles. The van der Waals surface area contributed by atoms with Gasteiger partial charge in [-0.3, -0.25) is 19.3 Å². The second-order valence-electron chi connectivity index (χ2n) is 7.94. The van der Waals surface area contributed by atoms with Crippen LogP contribution in [0.3, 0.4) is 0 Å². The Morgan fingerprint density at radius 3 is 2.22 bits per heavy atom. The zero-order chi connectivity index (χ0) is 18.9. The average molecular weight is 365 g/mol. The average Bonchev–Trinajstić information content (AvgIpc) is 3.43. The third-order valence-electron chi connectivity index (χ3n) is 6.53. The molecule has 0 aromatic heterocycles. The summed E-state index contributed by atoms with van der Waals surface area (Å²) < 4.78 is 5.30. The minimum absolute atomic E-state index is 0.126. The van der Waals surface area contributed by atoms with Crippen LogP contribution in [0.15, 0.2) is 36.4 Å². The predicted molar refractivity (Wildman–Crippen MR) is 93.5 cm³/mol. The number of ketones is 1. The zero-order valence-electron chi connectivity index (χ0n) is 14.8. The molecule has 2 amide bonds. The van der Waals surface area contributed by atoms with Gasteiger partial charge < -0.3 is 4.74 Å². The minimum Gasteiger partial charge on any atom is -0.424 e. The molecule has 2 bridgehead atoms. The maximum Gasteiger partial charge on any atom is 0.331 e. The lowest BCUT2D eigenvalue weighted by Crippen LogP contribution is -2.40. The smallest absolute Gasteiger partial charge is 0.331 e. The van der Waals surface area contributed by atoms with Crippen molar-refractivity contribution < 1.29 is 23.9 Å². The van der Waals surface area contributed by atoms with E-state index in [4.69, 9.17) is 4.74 Å². The minimum atomic E-state index is -0.713. The number of Topliss-reactive ketones (excluding diaryl/α,β-unsaturated/α-hetero) is 1. The molecule has 0 unspecified atom stereocenters. The molecule has 138 valence electrons. The van der Waals surface area contributed by atoms with Crippen LogP contribution in [0.4, 0.5) is 0 Å². The fourth-order valence-corrected chi connectivity index (χ4v) is 5.31. The van der Waals surface area contributed by atoms with Crippen LogP contribution in [0.2, 0.25) is 0 Å². The molecule has 1 saturated heterocycles. The summed E-state index contributed by atoms with van der Waals surface area (Å²) in [4.78, 5) is 50.9. The summed E-state index contributed by atoms with van der Waals surface area (Å²) in [5.41, 5.74) is 0.293. The van der Waals surface area contributed by atoms with Crippen molar-refractivity contribution in [2.45, 2.75) is 13.3 Å². The molecule has 1 aromatic carbocycles. The third kappa shape index (κ3) is 2.32. The van der Waals surface area contributed by atoms with Crippen LogP contribution in [0.25, 0.3) is 0 Å². The molecule has 1 aliphatic heterocycles. The lowest BCUT2D eigenvalue weighted by Gasteiger charge is -2.37. The van der Waals surface area contributed by atoms with Crippen LogP contribution in [0.1, 0.15) is 23.7 Å². The molecular formula is C21H19NO5. The van der Waals surface area contributed by atoms with Crippen LogP contribution in [0, 0.1) is 35.5 Å². The van der Waals surface area contributed by atoms with Crippen molar-refractivity contribution in [1.29, 1.82) is 0 Å². The van der Waals surface area contributed by atoms with Gasteiger partial charge in [0.2, 0.25) is 11.8 Å². The van der Waals surface area contributed by atoms with E-state index in [0.717, 1.165) is 11.3 Å². The first-order chi connectivity index (χ1) is 13.0. The van der Waals surface area contributed by atoms with Crippen molar-refractivity contribution in [3.05, 3.63) is 42.0 Å². The molecule has 0 spiro atoms. The second kappa shape index (κ2) is 5.62. The molecule has 0 radical (unpaired) electrons. The number of benzene rings is 1. The summed E-state index contributed by atoms with van der Waals surface area (Å²) >= 11 is 0. The van der Waals surface area contributed by atoms with E-state index >= 15 is 0 Å². The molecule has 6 heteroatoms. The molecule has 4 aliphatic carbocycles. The molecular weight excluding hydrogens is 346 g/mol. The zero-order valence-corrected chi connectivity index (χ0v) is 14.8. The predicted octanol–water partition coefficient (Wildman–Crippen LogP) is 1.85. The van der Waals surface area contributed by atoms with Crippen LogP contribution < -0.4 is 4.74 Å². The molecule has 6 atom stereocenters. The Bertz CT molecular complexity index is 883. The van der Waals surface area contributed by atoms with Gasteiger partial charge in [0.1, 0.15) is 12.3 Å². The van der Waals surface area contributed by atoms with Gasteiger partial charge in [-0.2, -0.15) is 0 Å². The summed E-state index contributed by atoms with van der Waals surface area (Å²) in [7, 11) is 0. The number of hydrogen-bond donors (Lipinski definition) is 0. The number of carbonyl (C=O) groups excluding carboxylic acids is 4. The Hall–Kier alpha value is -2.76. The monoisotopic (exact) mass is 365 g/mol. The van der Waals surface area contributed by atoms with E-state index in [2.05, 4.69) is 12.2 Å². The van der Waals surface area contributed by atoms with Gasteiger partial charge in [0, 0.05) is 0 Å². The van der Waals surface area contributed by atoms with Crippen molar-refractivity contribution in [2.24, 2.45) is 35.5 Å². The first kappa shape index (κ1) is 16.4. The van der Waals surface area contributed by atoms with Gasteiger partial charge in [-0.05, 0) is 49.1 Å². The molecule has 27 heavy (non-hydrogen) atoms. The molecule has 5 aliphatic rings. The Labute approximate surface area is 156 Å². The van der Waals surface area contributed by atoms with E-state index in [9.17, 15) is 19.2 Å². The highest BCUT2D eigenvalue weighted by Crippen LogP contribution is 2.65. The first-order valence-corrected chi connectivity index (χ1v) is 9.31. The number of hydrogen-bond acceptors (Lipinski definition) is 5. The van der Waals surface area contributed by atoms with Crippen molar-refractivity contribution in [3.63, 3.8) is 0 Å². The standard InChI is InChI=1S/C21H19NO5/c1-10(23)11-4-2-3-5-16(11)27-17(24)9-22-20(25)18-12-6-7-13(15-8-14(12)15)19(18)21(22)26/h2-7,12-15,18-19H,8-9H2,1H3/t12-,13-,14-,15+,18+,19+/m0/s1. The van der Waals surface area contributed by atoms with E-state index in [1.54, 1.807) is 18.2 Å². The number of para-hydroxylation sites is 1. The summed E-state index contributed by atoms with van der Waals surface area (Å²) in [6.45, 7) is 0.977. The number of rotatable bonds is 4. The topological polar surface area (TPSA) is 80.8 Å². The van der Waals surface area contributed by atoms with E-state index in [1.165, 1.54) is 13.0 Å². The number of ether oxygens (including phenoxy) is 1. The van der Waals surface area contributed by atoms with Crippen LogP contribution >= 0.6 is 0 Å². The second-order valence-corrected chi connectivity index (χ2v) is 7.94. The third-order valence-corrected chi connectivity index (χ3v) is 6.53. The van der Waals surface area contributed by atoms with E-state index in [1.807, 2.05) is 0 Å². The Morgan fingerprint density at radius 2 is 1.63 bits per heavy atom. The van der Waals surface area contributed by atoms with Gasteiger partial charge in [0.25, 0.3) is 0 Å². The maximum atomic E-state index is 12.9. The molecule has 3 fully saturated rings. The molecule has 0 N–H and O–H groups in total. The van der Waals surface area contributed by atoms with Gasteiger partial charge in [-0.1, -0.05) is 24.3 Å². The Kier molecular flexibility index (Phi) is 3.41. The Balaban J connectivity index is 1.34. The maximum absolute atomic E-state index is 12.9. The van der Waals surface area contributed by atoms with E-state index in [-0.39, 0.29) is 47.0 Å². The largest absolute Gasteiger partial charge is 0.424 e. The van der Waals surface area contributed by atoms with Crippen molar-refractivity contribution >= 4 is 23.6 Å². The fourth-order valence-electron chi connectivity index (χ4n) is 5.31. The quantitative estimate of drug-likeness (QED) is 0.267. The fraction of sp³-hybridized carbons (Fsp3) is 0.429. The van der Waals surface area contributed by atoms with Crippen LogP contribution in [-0.4, -0.2) is 35.0 Å². The number of allylic oxidation sites excluding steroid dienone is 2. The molecule has 1 aromatic rings. The number of imide groups is 1. The van der Waals surface area contributed by atoms with Gasteiger partial charge in [-0.15, -0.1) is 0 Å². The van der Waals surface area contributed by atoms with Crippen molar-refractivity contribution in [2.75, 3.05) is 6.54 Å². The molecule has 6 rings (SSSR count). The number of esters is 1.